The van der Waals surface area contributed by atoms with Gasteiger partial charge in [0.2, 0.25) is 0 Å². The number of hydrogen-bond donors (Lipinski definition) is 0. The molecule has 0 aliphatic carbocycles. The smallest absolute Gasteiger partial charge is 0.278 e. The van der Waals surface area contributed by atoms with Crippen LogP contribution in [0, 0.1) is 20.8 Å². The van der Waals surface area contributed by atoms with Crippen LogP contribution in [0.2, 0.25) is 0 Å². The number of benzene rings is 3. The number of carbonyl (C=O) groups excluding carboxylic acids is 1. The summed E-state index contributed by atoms with van der Waals surface area (Å²) < 4.78 is 33.0. The molecular formula is C23H23NO4S. The van der Waals surface area contributed by atoms with E-state index in [4.69, 9.17) is 4.74 Å². The zero-order valence-electron chi connectivity index (χ0n) is 16.6. The molecule has 3 aromatic carbocycles. The van der Waals surface area contributed by atoms with Crippen molar-refractivity contribution >= 4 is 21.6 Å². The monoisotopic (exact) mass is 409 g/mol. The lowest BCUT2D eigenvalue weighted by atomic mass is 10.1. The number of amides is 1. The number of carbonyl (C=O) groups is 1. The second-order valence-corrected chi connectivity index (χ2v) is 8.66. The van der Waals surface area contributed by atoms with Crippen LogP contribution in [-0.2, 0) is 14.8 Å². The second kappa shape index (κ2) is 8.49. The molecule has 0 aromatic heterocycles. The molecule has 0 aliphatic heterocycles. The van der Waals surface area contributed by atoms with Gasteiger partial charge in [0.15, 0.2) is 6.61 Å². The van der Waals surface area contributed by atoms with E-state index in [9.17, 15) is 13.2 Å². The van der Waals surface area contributed by atoms with E-state index in [0.717, 1.165) is 21.0 Å². The Labute approximate surface area is 171 Å². The fourth-order valence-corrected chi connectivity index (χ4v) is 4.29. The van der Waals surface area contributed by atoms with Gasteiger partial charge in [-0.3, -0.25) is 4.79 Å². The van der Waals surface area contributed by atoms with Crippen molar-refractivity contribution in [1.82, 2.24) is 0 Å². The Morgan fingerprint density at radius 1 is 0.862 bits per heavy atom. The average Bonchev–Trinajstić information content (AvgIpc) is 2.71. The number of ether oxygens (including phenoxy) is 1. The van der Waals surface area contributed by atoms with E-state index in [2.05, 4.69) is 0 Å². The first-order valence-electron chi connectivity index (χ1n) is 9.19. The van der Waals surface area contributed by atoms with E-state index in [1.807, 2.05) is 39.0 Å². The van der Waals surface area contributed by atoms with Crippen LogP contribution in [-0.4, -0.2) is 20.9 Å². The number of nitrogens with zero attached hydrogens (tertiary/aromatic N) is 1. The molecule has 29 heavy (non-hydrogen) atoms. The third-order valence-corrected chi connectivity index (χ3v) is 6.23. The van der Waals surface area contributed by atoms with Crippen molar-refractivity contribution in [2.75, 3.05) is 10.9 Å². The minimum absolute atomic E-state index is 0.0423. The highest BCUT2D eigenvalue weighted by Crippen LogP contribution is 2.25. The van der Waals surface area contributed by atoms with E-state index in [0.29, 0.717) is 5.75 Å². The van der Waals surface area contributed by atoms with Gasteiger partial charge in [-0.2, -0.15) is 4.31 Å². The summed E-state index contributed by atoms with van der Waals surface area (Å²) in [5.74, 6) is -0.113. The van der Waals surface area contributed by atoms with Crippen LogP contribution < -0.4 is 9.04 Å². The largest absolute Gasteiger partial charge is 0.483 e. The molecular weight excluding hydrogens is 386 g/mol. The molecule has 0 saturated carbocycles. The fraction of sp³-hybridized carbons (Fsp3) is 0.174. The molecule has 0 aliphatic rings. The van der Waals surface area contributed by atoms with E-state index in [1.54, 1.807) is 42.5 Å². The Balaban J connectivity index is 1.95. The third-order valence-electron chi connectivity index (χ3n) is 4.47. The summed E-state index contributed by atoms with van der Waals surface area (Å²) in [6.45, 7) is 5.29. The van der Waals surface area contributed by atoms with Crippen LogP contribution in [0.4, 0.5) is 5.69 Å². The maximum Gasteiger partial charge on any atom is 0.278 e. The van der Waals surface area contributed by atoms with Crippen LogP contribution >= 0.6 is 0 Å². The summed E-state index contributed by atoms with van der Waals surface area (Å²) in [5, 5.41) is 0. The molecule has 1 amide bonds. The van der Waals surface area contributed by atoms with Crippen molar-refractivity contribution in [3.8, 4) is 5.75 Å². The Hall–Kier alpha value is -3.12. The molecule has 0 saturated heterocycles. The molecule has 0 N–H and O–H groups in total. The molecule has 0 atom stereocenters. The van der Waals surface area contributed by atoms with Crippen molar-refractivity contribution < 1.29 is 17.9 Å². The normalized spacial score (nSPS) is 11.1. The molecule has 150 valence electrons. The van der Waals surface area contributed by atoms with Crippen molar-refractivity contribution in [3.05, 3.63) is 89.5 Å². The van der Waals surface area contributed by atoms with Gasteiger partial charge in [0.25, 0.3) is 15.9 Å². The van der Waals surface area contributed by atoms with Gasteiger partial charge in [-0.15, -0.1) is 0 Å². The highest BCUT2D eigenvalue weighted by molar-refractivity contribution is 7.93. The molecule has 6 heteroatoms. The minimum atomic E-state index is -4.09. The molecule has 0 spiro atoms. The van der Waals surface area contributed by atoms with Gasteiger partial charge in [-0.1, -0.05) is 48.0 Å². The van der Waals surface area contributed by atoms with E-state index in [-0.39, 0.29) is 10.6 Å². The lowest BCUT2D eigenvalue weighted by molar-refractivity contribution is -0.119. The molecule has 5 nitrogen and oxygen atoms in total. The molecule has 3 aromatic rings. The van der Waals surface area contributed by atoms with Gasteiger partial charge in [0.1, 0.15) is 5.75 Å². The van der Waals surface area contributed by atoms with Crippen LogP contribution in [0.25, 0.3) is 0 Å². The van der Waals surface area contributed by atoms with Crippen LogP contribution in [0.3, 0.4) is 0 Å². The number of hydrogen-bond acceptors (Lipinski definition) is 4. The zero-order chi connectivity index (χ0) is 21.0. The molecule has 3 rings (SSSR count). The summed E-state index contributed by atoms with van der Waals surface area (Å²) >= 11 is 0. The lowest BCUT2D eigenvalue weighted by Crippen LogP contribution is -2.40. The van der Waals surface area contributed by atoms with Crippen LogP contribution in [0.1, 0.15) is 16.7 Å². The molecule has 0 fully saturated rings. The first-order chi connectivity index (χ1) is 13.8. The Kier molecular flexibility index (Phi) is 6.03. The van der Waals surface area contributed by atoms with Gasteiger partial charge < -0.3 is 4.74 Å². The SMILES string of the molecule is Cc1ccc(N(C(=O)COc2cc(C)ccc2C)S(=O)(=O)c2ccccc2)cc1. The maximum atomic E-state index is 13.2. The average molecular weight is 410 g/mol. The van der Waals surface area contributed by atoms with Gasteiger partial charge in [-0.05, 0) is 62.2 Å². The second-order valence-electron chi connectivity index (χ2n) is 6.87. The topological polar surface area (TPSA) is 63.7 Å². The number of sulfonamides is 1. The predicted octanol–water partition coefficient (Wildman–Crippen LogP) is 4.41. The first-order valence-corrected chi connectivity index (χ1v) is 10.6. The van der Waals surface area contributed by atoms with Crippen LogP contribution in [0.15, 0.2) is 77.7 Å². The maximum absolute atomic E-state index is 13.2. The standard InChI is InChI=1S/C23H23NO4S/c1-17-10-13-20(14-11-17)24(29(26,27)21-7-5-4-6-8-21)23(25)16-28-22-15-18(2)9-12-19(22)3/h4-15H,16H2,1-3H3. The van der Waals surface area contributed by atoms with Crippen molar-refractivity contribution in [2.24, 2.45) is 0 Å². The highest BCUT2D eigenvalue weighted by Gasteiger charge is 2.31. The summed E-state index contributed by atoms with van der Waals surface area (Å²) in [4.78, 5) is 13.1. The van der Waals surface area contributed by atoms with E-state index < -0.39 is 22.5 Å². The Morgan fingerprint density at radius 2 is 1.48 bits per heavy atom. The number of anilines is 1. The quantitative estimate of drug-likeness (QED) is 0.605. The Morgan fingerprint density at radius 3 is 2.14 bits per heavy atom. The molecule has 0 bridgehead atoms. The molecule has 0 heterocycles. The summed E-state index contributed by atoms with van der Waals surface area (Å²) in [5.41, 5.74) is 3.10. The lowest BCUT2D eigenvalue weighted by Gasteiger charge is -2.23. The van der Waals surface area contributed by atoms with E-state index in [1.165, 1.54) is 12.1 Å². The number of aryl methyl sites for hydroxylation is 3. The fourth-order valence-electron chi connectivity index (χ4n) is 2.86. The van der Waals surface area contributed by atoms with Crippen molar-refractivity contribution in [3.63, 3.8) is 0 Å². The van der Waals surface area contributed by atoms with Crippen molar-refractivity contribution in [1.29, 1.82) is 0 Å². The molecule has 0 radical (unpaired) electrons. The first kappa shape index (κ1) is 20.6. The minimum Gasteiger partial charge on any atom is -0.483 e. The number of rotatable bonds is 6. The van der Waals surface area contributed by atoms with Gasteiger partial charge in [0, 0.05) is 0 Å². The summed E-state index contributed by atoms with van der Waals surface area (Å²) in [6.07, 6.45) is 0. The Bertz CT molecular complexity index is 1110. The highest BCUT2D eigenvalue weighted by atomic mass is 32.2. The van der Waals surface area contributed by atoms with Gasteiger partial charge in [0.05, 0.1) is 10.6 Å². The third kappa shape index (κ3) is 4.66. The van der Waals surface area contributed by atoms with Crippen molar-refractivity contribution in [2.45, 2.75) is 25.7 Å². The molecule has 0 unspecified atom stereocenters. The summed E-state index contributed by atoms with van der Waals surface area (Å²) in [7, 11) is -4.09. The predicted molar refractivity (Wildman–Crippen MR) is 114 cm³/mol. The van der Waals surface area contributed by atoms with Gasteiger partial charge >= 0.3 is 0 Å². The van der Waals surface area contributed by atoms with E-state index >= 15 is 0 Å². The zero-order valence-corrected chi connectivity index (χ0v) is 17.4. The van der Waals surface area contributed by atoms with Crippen LogP contribution in [0.5, 0.6) is 5.75 Å². The summed E-state index contributed by atoms with van der Waals surface area (Å²) in [6, 6.07) is 20.3. The van der Waals surface area contributed by atoms with Gasteiger partial charge in [-0.25, -0.2) is 8.42 Å².